The first-order chi connectivity index (χ1) is 19.6. The Bertz CT molecular complexity index is 1630. The quantitative estimate of drug-likeness (QED) is 0.211. The lowest BCUT2D eigenvalue weighted by molar-refractivity contribution is 0.416. The molecule has 1 atom stereocenters. The fraction of sp³-hybridized carbons (Fsp3) is 0.200. The average molecular weight is 517 g/mol. The van der Waals surface area contributed by atoms with Crippen molar-refractivity contribution in [1.82, 2.24) is 0 Å². The van der Waals surface area contributed by atoms with E-state index in [4.69, 9.17) is 0 Å². The molecular weight excluding hydrogens is 480 g/mol. The lowest BCUT2D eigenvalue weighted by Gasteiger charge is -2.46. The summed E-state index contributed by atoms with van der Waals surface area (Å²) in [6.07, 6.45) is 6.92. The van der Waals surface area contributed by atoms with Gasteiger partial charge in [0.25, 0.3) is 0 Å². The van der Waals surface area contributed by atoms with Crippen molar-refractivity contribution in [3.63, 3.8) is 0 Å². The van der Waals surface area contributed by atoms with Crippen molar-refractivity contribution in [3.05, 3.63) is 171 Å². The highest BCUT2D eigenvalue weighted by Crippen LogP contribution is 2.63. The predicted molar refractivity (Wildman–Crippen MR) is 169 cm³/mol. The number of allylic oxidation sites excluding steroid dienone is 1. The van der Waals surface area contributed by atoms with Crippen molar-refractivity contribution in [2.45, 2.75) is 50.9 Å². The highest BCUT2D eigenvalue weighted by molar-refractivity contribution is 5.82. The lowest BCUT2D eigenvalue weighted by Crippen LogP contribution is -2.40. The summed E-state index contributed by atoms with van der Waals surface area (Å²) in [5, 5.41) is 0. The molecule has 0 nitrogen and oxygen atoms in total. The summed E-state index contributed by atoms with van der Waals surface area (Å²) in [4.78, 5) is 0. The van der Waals surface area contributed by atoms with E-state index >= 15 is 0 Å². The Balaban J connectivity index is 1.64. The zero-order valence-electron chi connectivity index (χ0n) is 23.7. The fourth-order valence-corrected chi connectivity index (χ4v) is 7.57. The minimum atomic E-state index is -0.337. The molecule has 0 saturated carbocycles. The van der Waals surface area contributed by atoms with Crippen molar-refractivity contribution in [2.24, 2.45) is 0 Å². The summed E-state index contributed by atoms with van der Waals surface area (Å²) in [6.45, 7) is 6.77. The van der Waals surface area contributed by atoms with Crippen LogP contribution in [0.5, 0.6) is 0 Å². The summed E-state index contributed by atoms with van der Waals surface area (Å²) in [7, 11) is 0. The first kappa shape index (κ1) is 24.9. The Morgan fingerprint density at radius 2 is 1.12 bits per heavy atom. The van der Waals surface area contributed by atoms with Crippen LogP contribution >= 0.6 is 0 Å². The van der Waals surface area contributed by atoms with Crippen molar-refractivity contribution in [1.29, 1.82) is 0 Å². The highest BCUT2D eigenvalue weighted by Gasteiger charge is 2.53. The van der Waals surface area contributed by atoms with Crippen LogP contribution in [0.4, 0.5) is 0 Å². The van der Waals surface area contributed by atoms with Gasteiger partial charge in [-0.25, -0.2) is 0 Å². The molecule has 0 bridgehead atoms. The number of hydrogen-bond donors (Lipinski definition) is 0. The van der Waals surface area contributed by atoms with E-state index in [1.165, 1.54) is 61.2 Å². The SMILES string of the molecule is CCc1ccc2c(c1)C(C(c1ccccc1)(c1ccccc1)C1C=Cc3ccc(C)cc31)c1cc(CC)ccc1-2. The van der Waals surface area contributed by atoms with Gasteiger partial charge >= 0.3 is 0 Å². The largest absolute Gasteiger partial charge is 0.0751 e. The number of hydrogen-bond acceptors (Lipinski definition) is 0. The molecule has 0 aliphatic heterocycles. The van der Waals surface area contributed by atoms with E-state index < -0.39 is 0 Å². The van der Waals surface area contributed by atoms with Gasteiger partial charge in [0.15, 0.2) is 0 Å². The molecule has 0 N–H and O–H groups in total. The van der Waals surface area contributed by atoms with Gasteiger partial charge in [0.1, 0.15) is 0 Å². The molecule has 2 aliphatic rings. The third kappa shape index (κ3) is 3.66. The highest BCUT2D eigenvalue weighted by atomic mass is 14.5. The summed E-state index contributed by atoms with van der Waals surface area (Å²) >= 11 is 0. The van der Waals surface area contributed by atoms with Gasteiger partial charge in [-0.15, -0.1) is 0 Å². The first-order valence-electron chi connectivity index (χ1n) is 14.8. The normalized spacial score (nSPS) is 15.6. The monoisotopic (exact) mass is 516 g/mol. The Kier molecular flexibility index (Phi) is 6.08. The zero-order chi connectivity index (χ0) is 27.3. The molecular formula is C40H36. The van der Waals surface area contributed by atoms with Crippen LogP contribution in [0.3, 0.4) is 0 Å². The molecule has 0 heterocycles. The molecule has 0 spiro atoms. The smallest absolute Gasteiger partial charge is 0.0415 e. The molecule has 1 unspecified atom stereocenters. The second-order valence-electron chi connectivity index (χ2n) is 11.6. The molecule has 196 valence electrons. The molecule has 2 aliphatic carbocycles. The lowest BCUT2D eigenvalue weighted by atomic mass is 9.55. The number of rotatable bonds is 6. The van der Waals surface area contributed by atoms with E-state index in [9.17, 15) is 0 Å². The maximum absolute atomic E-state index is 2.52. The van der Waals surface area contributed by atoms with Crippen molar-refractivity contribution in [3.8, 4) is 11.1 Å². The van der Waals surface area contributed by atoms with Crippen LogP contribution in [0.15, 0.2) is 121 Å². The Morgan fingerprint density at radius 3 is 1.65 bits per heavy atom. The Morgan fingerprint density at radius 1 is 0.575 bits per heavy atom. The fourth-order valence-electron chi connectivity index (χ4n) is 7.57. The van der Waals surface area contributed by atoms with Gasteiger partial charge in [0.2, 0.25) is 0 Å². The van der Waals surface area contributed by atoms with Gasteiger partial charge in [-0.05, 0) is 75.4 Å². The van der Waals surface area contributed by atoms with Gasteiger partial charge < -0.3 is 0 Å². The molecule has 0 radical (unpaired) electrons. The van der Waals surface area contributed by atoms with E-state index in [1.54, 1.807) is 0 Å². The van der Waals surface area contributed by atoms with Gasteiger partial charge in [-0.1, -0.05) is 147 Å². The molecule has 0 saturated heterocycles. The second-order valence-corrected chi connectivity index (χ2v) is 11.6. The summed E-state index contributed by atoms with van der Waals surface area (Å²) in [5.74, 6) is 0.355. The molecule has 0 aromatic heterocycles. The Hall–Kier alpha value is -4.16. The first-order valence-corrected chi connectivity index (χ1v) is 14.8. The van der Waals surface area contributed by atoms with Crippen LogP contribution < -0.4 is 0 Å². The molecule has 40 heavy (non-hydrogen) atoms. The van der Waals surface area contributed by atoms with Crippen LogP contribution in [0.2, 0.25) is 0 Å². The molecule has 5 aromatic rings. The van der Waals surface area contributed by atoms with Gasteiger partial charge in [0, 0.05) is 17.3 Å². The van der Waals surface area contributed by atoms with Gasteiger partial charge in [-0.3, -0.25) is 0 Å². The topological polar surface area (TPSA) is 0 Å². The average Bonchev–Trinajstić information content (AvgIpc) is 3.57. The molecule has 5 aromatic carbocycles. The van der Waals surface area contributed by atoms with E-state index in [0.717, 1.165) is 12.8 Å². The Labute approximate surface area is 239 Å². The zero-order valence-corrected chi connectivity index (χ0v) is 23.7. The number of fused-ring (bicyclic) bond motifs is 4. The van der Waals surface area contributed by atoms with Crippen LogP contribution in [0, 0.1) is 6.92 Å². The van der Waals surface area contributed by atoms with Crippen molar-refractivity contribution < 1.29 is 0 Å². The van der Waals surface area contributed by atoms with Crippen LogP contribution in [0.1, 0.15) is 75.8 Å². The van der Waals surface area contributed by atoms with Crippen LogP contribution in [-0.4, -0.2) is 0 Å². The van der Waals surface area contributed by atoms with Crippen molar-refractivity contribution >= 4 is 6.08 Å². The van der Waals surface area contributed by atoms with E-state index in [1.807, 2.05) is 0 Å². The van der Waals surface area contributed by atoms with Crippen LogP contribution in [-0.2, 0) is 18.3 Å². The minimum Gasteiger partial charge on any atom is -0.0751 e. The molecule has 7 rings (SSSR count). The maximum atomic E-state index is 2.52. The minimum absolute atomic E-state index is 0.168. The molecule has 0 amide bonds. The summed E-state index contributed by atoms with van der Waals surface area (Å²) in [6, 6.07) is 44.2. The summed E-state index contributed by atoms with van der Waals surface area (Å²) < 4.78 is 0. The third-order valence-electron chi connectivity index (χ3n) is 9.46. The van der Waals surface area contributed by atoms with Gasteiger partial charge in [0.05, 0.1) is 0 Å². The standard InChI is InChI=1S/C40H36/c1-4-28-17-21-33-34-22-18-29(5-2)26-37(34)39(36(33)25-28)40(31-12-8-6-9-13-31,32-14-10-7-11-15-32)38-23-20-30-19-16-27(3)24-35(30)38/h6-26,38-39H,4-5H2,1-3H3. The number of aryl methyl sites for hydroxylation is 3. The van der Waals surface area contributed by atoms with E-state index in [-0.39, 0.29) is 17.3 Å². The van der Waals surface area contributed by atoms with Crippen LogP contribution in [0.25, 0.3) is 17.2 Å². The third-order valence-corrected chi connectivity index (χ3v) is 9.46. The maximum Gasteiger partial charge on any atom is 0.0415 e. The van der Waals surface area contributed by atoms with Gasteiger partial charge in [-0.2, -0.15) is 0 Å². The molecule has 0 heteroatoms. The summed E-state index contributed by atoms with van der Waals surface area (Å²) in [5.41, 5.74) is 15.0. The van der Waals surface area contributed by atoms with E-state index in [0.29, 0.717) is 0 Å². The predicted octanol–water partition coefficient (Wildman–Crippen LogP) is 10.0. The molecule has 0 fully saturated rings. The van der Waals surface area contributed by atoms with Crippen molar-refractivity contribution in [2.75, 3.05) is 0 Å². The van der Waals surface area contributed by atoms with E-state index in [2.05, 4.69) is 148 Å². The second kappa shape index (κ2) is 9.79. The number of benzene rings is 5.